The van der Waals surface area contributed by atoms with Crippen LogP contribution < -0.4 is 9.64 Å². The first kappa shape index (κ1) is 19.9. The van der Waals surface area contributed by atoms with Crippen molar-refractivity contribution < 1.29 is 32.6 Å². The number of alkyl halides is 2. The van der Waals surface area contributed by atoms with Crippen molar-refractivity contribution >= 4 is 29.2 Å². The molecule has 9 heteroatoms. The smallest absolute Gasteiger partial charge is 0.387 e. The number of aliphatic carboxylic acids is 1. The molecule has 1 saturated carbocycles. The van der Waals surface area contributed by atoms with Gasteiger partial charge in [-0.1, -0.05) is 30.9 Å². The van der Waals surface area contributed by atoms with E-state index in [0.29, 0.717) is 23.8 Å². The van der Waals surface area contributed by atoms with Gasteiger partial charge in [-0.05, 0) is 24.8 Å². The molecule has 26 heavy (non-hydrogen) atoms. The van der Waals surface area contributed by atoms with Crippen LogP contribution in [0.2, 0.25) is 5.02 Å². The van der Waals surface area contributed by atoms with E-state index < -0.39 is 46.3 Å². The van der Waals surface area contributed by atoms with Gasteiger partial charge in [0.1, 0.15) is 11.3 Å². The second-order valence-electron chi connectivity index (χ2n) is 5.79. The SMILES string of the molecule is C#CC(=O)N(c1cc(Cl)c(OC(F)F)cc1F)C1(C(=O)O)CCCCC1. The Morgan fingerprint density at radius 3 is 2.42 bits per heavy atom. The standard InChI is InChI=1S/C17H15ClF3NO4/c1-2-14(23)22(17(15(24)25)6-4-3-5-7-17)12-8-10(18)13(9-11(12)19)26-16(20)21/h1,8-9,16H,3-7H2,(H,24,25). The van der Waals surface area contributed by atoms with Crippen molar-refractivity contribution in [3.05, 3.63) is 23.0 Å². The molecule has 0 atom stereocenters. The molecule has 0 heterocycles. The number of halogens is 4. The molecule has 2 rings (SSSR count). The van der Waals surface area contributed by atoms with Gasteiger partial charge >= 0.3 is 18.5 Å². The quantitative estimate of drug-likeness (QED) is 0.777. The number of terminal acetylenes is 1. The number of carbonyl (C=O) groups is 2. The van der Waals surface area contributed by atoms with Gasteiger partial charge in [0.2, 0.25) is 0 Å². The molecule has 0 spiro atoms. The number of hydrogen-bond acceptors (Lipinski definition) is 3. The zero-order valence-electron chi connectivity index (χ0n) is 13.5. The third-order valence-electron chi connectivity index (χ3n) is 4.29. The number of amides is 1. The third kappa shape index (κ3) is 3.73. The van der Waals surface area contributed by atoms with Crippen LogP contribution in [0, 0.1) is 18.2 Å². The molecular formula is C17H15ClF3NO4. The van der Waals surface area contributed by atoms with Gasteiger partial charge in [-0.3, -0.25) is 9.69 Å². The van der Waals surface area contributed by atoms with Gasteiger partial charge in [0.25, 0.3) is 0 Å². The summed E-state index contributed by atoms with van der Waals surface area (Å²) in [7, 11) is 0. The predicted molar refractivity (Wildman–Crippen MR) is 87.8 cm³/mol. The molecule has 5 nitrogen and oxygen atoms in total. The summed E-state index contributed by atoms with van der Waals surface area (Å²) in [4.78, 5) is 25.0. The van der Waals surface area contributed by atoms with Gasteiger partial charge in [0.05, 0.1) is 10.7 Å². The van der Waals surface area contributed by atoms with Crippen molar-refractivity contribution in [1.29, 1.82) is 0 Å². The topological polar surface area (TPSA) is 66.8 Å². The average Bonchev–Trinajstić information content (AvgIpc) is 2.59. The van der Waals surface area contributed by atoms with Gasteiger partial charge < -0.3 is 9.84 Å². The van der Waals surface area contributed by atoms with Crippen LogP contribution in [-0.4, -0.2) is 29.1 Å². The highest BCUT2D eigenvalue weighted by Gasteiger charge is 2.48. The Labute approximate surface area is 152 Å². The zero-order valence-corrected chi connectivity index (χ0v) is 14.2. The number of ether oxygens (including phenoxy) is 1. The van der Waals surface area contributed by atoms with Crippen molar-refractivity contribution in [1.82, 2.24) is 0 Å². The lowest BCUT2D eigenvalue weighted by Crippen LogP contribution is -2.58. The number of carboxylic acid groups (broad SMARTS) is 1. The van der Waals surface area contributed by atoms with Crippen LogP contribution in [0.1, 0.15) is 32.1 Å². The molecule has 0 bridgehead atoms. The van der Waals surface area contributed by atoms with Crippen LogP contribution in [0.25, 0.3) is 0 Å². The van der Waals surface area contributed by atoms with Crippen molar-refractivity contribution in [3.8, 4) is 18.1 Å². The molecule has 0 unspecified atom stereocenters. The molecule has 0 aliphatic heterocycles. The van der Waals surface area contributed by atoms with Gasteiger partial charge in [0, 0.05) is 6.07 Å². The first-order valence-corrected chi connectivity index (χ1v) is 8.09. The van der Waals surface area contributed by atoms with E-state index in [1.54, 1.807) is 5.92 Å². The first-order valence-electron chi connectivity index (χ1n) is 7.71. The molecule has 0 saturated heterocycles. The van der Waals surface area contributed by atoms with Crippen LogP contribution in [-0.2, 0) is 9.59 Å². The molecule has 1 fully saturated rings. The Morgan fingerprint density at radius 2 is 1.92 bits per heavy atom. The third-order valence-corrected chi connectivity index (χ3v) is 4.59. The Bertz CT molecular complexity index is 757. The van der Waals surface area contributed by atoms with Gasteiger partial charge in [-0.25, -0.2) is 9.18 Å². The summed E-state index contributed by atoms with van der Waals surface area (Å²) in [5.41, 5.74) is -2.24. The lowest BCUT2D eigenvalue weighted by molar-refractivity contribution is -0.146. The van der Waals surface area contributed by atoms with E-state index >= 15 is 0 Å². The highest BCUT2D eigenvalue weighted by Crippen LogP contribution is 2.41. The number of carbonyl (C=O) groups excluding carboxylic acids is 1. The van der Waals surface area contributed by atoms with Crippen LogP contribution in [0.3, 0.4) is 0 Å². The lowest BCUT2D eigenvalue weighted by Gasteiger charge is -2.42. The van der Waals surface area contributed by atoms with Crippen LogP contribution in [0.4, 0.5) is 18.9 Å². The summed E-state index contributed by atoms with van der Waals surface area (Å²) in [6, 6.07) is 1.43. The number of carboxylic acids is 1. The Balaban J connectivity index is 2.61. The van der Waals surface area contributed by atoms with Crippen molar-refractivity contribution in [3.63, 3.8) is 0 Å². The van der Waals surface area contributed by atoms with Gasteiger partial charge in [-0.15, -0.1) is 6.42 Å². The van der Waals surface area contributed by atoms with E-state index in [4.69, 9.17) is 18.0 Å². The van der Waals surface area contributed by atoms with Crippen molar-refractivity contribution in [2.24, 2.45) is 0 Å². The molecule has 1 aromatic carbocycles. The molecule has 1 N–H and O–H groups in total. The van der Waals surface area contributed by atoms with E-state index in [1.807, 2.05) is 0 Å². The normalized spacial score (nSPS) is 16.0. The van der Waals surface area contributed by atoms with Gasteiger partial charge in [-0.2, -0.15) is 8.78 Å². The summed E-state index contributed by atoms with van der Waals surface area (Å²) in [6.07, 6.45) is 7.06. The van der Waals surface area contributed by atoms with Crippen molar-refractivity contribution in [2.75, 3.05) is 4.90 Å². The molecule has 140 valence electrons. The fourth-order valence-corrected chi connectivity index (χ4v) is 3.35. The molecule has 0 radical (unpaired) electrons. The highest BCUT2D eigenvalue weighted by atomic mass is 35.5. The zero-order chi connectivity index (χ0) is 19.5. The largest absolute Gasteiger partial charge is 0.479 e. The molecule has 1 aromatic rings. The number of hydrogen-bond donors (Lipinski definition) is 1. The summed E-state index contributed by atoms with van der Waals surface area (Å²) in [5, 5.41) is 9.35. The number of anilines is 1. The van der Waals surface area contributed by atoms with E-state index in [9.17, 15) is 27.9 Å². The Morgan fingerprint density at radius 1 is 1.31 bits per heavy atom. The molecule has 1 aliphatic rings. The minimum atomic E-state index is -3.23. The lowest BCUT2D eigenvalue weighted by atomic mass is 9.79. The fourth-order valence-electron chi connectivity index (χ4n) is 3.14. The van der Waals surface area contributed by atoms with Crippen LogP contribution in [0.15, 0.2) is 12.1 Å². The molecule has 1 amide bonds. The Hall–Kier alpha value is -2.40. The second kappa shape index (κ2) is 7.87. The van der Waals surface area contributed by atoms with Crippen molar-refractivity contribution in [2.45, 2.75) is 44.3 Å². The molecule has 1 aliphatic carbocycles. The maximum absolute atomic E-state index is 14.6. The highest BCUT2D eigenvalue weighted by molar-refractivity contribution is 6.32. The summed E-state index contributed by atoms with van der Waals surface area (Å²) >= 11 is 5.84. The Kier molecular flexibility index (Phi) is 6.03. The molecule has 0 aromatic heterocycles. The number of nitrogens with zero attached hydrogens (tertiary/aromatic N) is 1. The maximum Gasteiger partial charge on any atom is 0.387 e. The second-order valence-corrected chi connectivity index (χ2v) is 6.20. The van der Waals surface area contributed by atoms with E-state index in [2.05, 4.69) is 4.74 Å². The maximum atomic E-state index is 14.6. The van der Waals surface area contributed by atoms with Crippen LogP contribution >= 0.6 is 11.6 Å². The first-order chi connectivity index (χ1) is 12.2. The summed E-state index contributed by atoms with van der Waals surface area (Å²) in [6.45, 7) is -3.23. The minimum absolute atomic E-state index is 0.0715. The van der Waals surface area contributed by atoms with E-state index in [1.165, 1.54) is 0 Å². The summed E-state index contributed by atoms with van der Waals surface area (Å²) in [5.74, 6) is -2.38. The molecular weight excluding hydrogens is 375 g/mol. The summed E-state index contributed by atoms with van der Waals surface area (Å²) < 4.78 is 43.4. The average molecular weight is 390 g/mol. The predicted octanol–water partition coefficient (Wildman–Crippen LogP) is 3.83. The monoisotopic (exact) mass is 389 g/mol. The van der Waals surface area contributed by atoms with E-state index in [0.717, 1.165) is 12.5 Å². The van der Waals surface area contributed by atoms with Gasteiger partial charge in [0.15, 0.2) is 5.82 Å². The minimum Gasteiger partial charge on any atom is -0.479 e. The van der Waals surface area contributed by atoms with E-state index in [-0.39, 0.29) is 12.8 Å². The fraction of sp³-hybridized carbons (Fsp3) is 0.412. The number of rotatable bonds is 5. The number of benzene rings is 1. The van der Waals surface area contributed by atoms with Crippen LogP contribution in [0.5, 0.6) is 5.75 Å².